The van der Waals surface area contributed by atoms with Gasteiger partial charge in [0.25, 0.3) is 5.56 Å². The van der Waals surface area contributed by atoms with Crippen molar-refractivity contribution in [2.45, 2.75) is 0 Å². The highest BCUT2D eigenvalue weighted by molar-refractivity contribution is 5.84. The second kappa shape index (κ2) is 6.23. The van der Waals surface area contributed by atoms with Crippen molar-refractivity contribution in [1.29, 1.82) is 0 Å². The maximum absolute atomic E-state index is 11.3. The van der Waals surface area contributed by atoms with Crippen molar-refractivity contribution in [3.63, 3.8) is 0 Å². The van der Waals surface area contributed by atoms with Crippen LogP contribution in [0.25, 0.3) is 0 Å². The second-order valence-electron chi connectivity index (χ2n) is 3.14. The molecule has 1 rings (SSSR count). The van der Waals surface area contributed by atoms with Gasteiger partial charge in [-0.2, -0.15) is 0 Å². The molecular formula is C9H12N4O5. The van der Waals surface area contributed by atoms with Gasteiger partial charge in [-0.1, -0.05) is 0 Å². The van der Waals surface area contributed by atoms with Crippen LogP contribution >= 0.6 is 0 Å². The van der Waals surface area contributed by atoms with Crippen molar-refractivity contribution >= 4 is 17.7 Å². The van der Waals surface area contributed by atoms with Gasteiger partial charge in [0.1, 0.15) is 6.54 Å². The summed E-state index contributed by atoms with van der Waals surface area (Å²) >= 11 is 0. The molecule has 0 bridgehead atoms. The number of carboxylic acid groups (broad SMARTS) is 1. The molecule has 0 aliphatic heterocycles. The molecule has 0 radical (unpaired) electrons. The Kier molecular flexibility index (Phi) is 4.67. The van der Waals surface area contributed by atoms with Gasteiger partial charge in [0.15, 0.2) is 5.82 Å². The minimum atomic E-state index is -1.14. The summed E-state index contributed by atoms with van der Waals surface area (Å²) in [6, 6.07) is 0. The molecule has 98 valence electrons. The lowest BCUT2D eigenvalue weighted by molar-refractivity contribution is -0.137. The van der Waals surface area contributed by atoms with E-state index >= 15 is 0 Å². The number of hydrogen-bond acceptors (Lipinski definition) is 6. The summed E-state index contributed by atoms with van der Waals surface area (Å²) in [5.41, 5.74) is -0.485. The van der Waals surface area contributed by atoms with E-state index in [0.717, 1.165) is 6.33 Å². The van der Waals surface area contributed by atoms with Crippen molar-refractivity contribution in [3.05, 3.63) is 16.7 Å². The van der Waals surface area contributed by atoms with Crippen LogP contribution in [-0.4, -0.2) is 47.2 Å². The first-order valence-corrected chi connectivity index (χ1v) is 4.88. The van der Waals surface area contributed by atoms with Gasteiger partial charge in [-0.15, -0.1) is 0 Å². The van der Waals surface area contributed by atoms with Gasteiger partial charge in [0.05, 0.1) is 20.0 Å². The minimum Gasteiger partial charge on any atom is -0.489 e. The summed E-state index contributed by atoms with van der Waals surface area (Å²) in [6.07, 6.45) is 1.16. The van der Waals surface area contributed by atoms with E-state index in [1.165, 1.54) is 7.11 Å². The zero-order valence-corrected chi connectivity index (χ0v) is 9.52. The summed E-state index contributed by atoms with van der Waals surface area (Å²) in [4.78, 5) is 38.8. The van der Waals surface area contributed by atoms with E-state index in [-0.39, 0.29) is 18.1 Å². The first-order chi connectivity index (χ1) is 8.54. The van der Waals surface area contributed by atoms with Crippen LogP contribution in [0.15, 0.2) is 11.1 Å². The highest BCUT2D eigenvalue weighted by Crippen LogP contribution is 2.13. The highest BCUT2D eigenvalue weighted by Gasteiger charge is 2.10. The minimum absolute atomic E-state index is 0.0523. The maximum Gasteiger partial charge on any atom is 0.322 e. The molecule has 1 aromatic rings. The molecule has 0 aromatic carbocycles. The molecule has 9 heteroatoms. The van der Waals surface area contributed by atoms with E-state index < -0.39 is 24.0 Å². The van der Waals surface area contributed by atoms with Gasteiger partial charge < -0.3 is 25.5 Å². The molecule has 0 atom stereocenters. The van der Waals surface area contributed by atoms with Crippen molar-refractivity contribution in [2.75, 3.05) is 25.5 Å². The van der Waals surface area contributed by atoms with Gasteiger partial charge in [0, 0.05) is 0 Å². The first kappa shape index (κ1) is 13.5. The maximum atomic E-state index is 11.3. The van der Waals surface area contributed by atoms with Crippen LogP contribution in [0.5, 0.6) is 5.75 Å². The van der Waals surface area contributed by atoms with Crippen LogP contribution in [0.4, 0.5) is 5.82 Å². The standard InChI is InChI=1S/C9H12N4O5/c1-18-7-8(12-4-13-9(7)17)11-2-5(14)10-3-6(15)16/h4H,2-3H2,1H3,(H,10,14)(H,15,16)(H2,11,12,13,17). The number of nitrogens with zero attached hydrogens (tertiary/aromatic N) is 1. The lowest BCUT2D eigenvalue weighted by Gasteiger charge is -2.08. The summed E-state index contributed by atoms with van der Waals surface area (Å²) in [6.45, 7) is -0.694. The molecule has 9 nitrogen and oxygen atoms in total. The molecule has 18 heavy (non-hydrogen) atoms. The van der Waals surface area contributed by atoms with E-state index in [0.29, 0.717) is 0 Å². The number of amides is 1. The third-order valence-corrected chi connectivity index (χ3v) is 1.87. The Labute approximate surface area is 101 Å². The van der Waals surface area contributed by atoms with Gasteiger partial charge in [-0.3, -0.25) is 14.4 Å². The van der Waals surface area contributed by atoms with Crippen molar-refractivity contribution in [3.8, 4) is 5.75 Å². The number of hydrogen-bond donors (Lipinski definition) is 4. The lowest BCUT2D eigenvalue weighted by atomic mass is 10.4. The molecule has 4 N–H and O–H groups in total. The number of anilines is 1. The number of aromatic nitrogens is 2. The summed E-state index contributed by atoms with van der Waals surface area (Å²) in [5, 5.41) is 13.1. The molecule has 0 spiro atoms. The third-order valence-electron chi connectivity index (χ3n) is 1.87. The van der Waals surface area contributed by atoms with Gasteiger partial charge in [-0.05, 0) is 0 Å². The highest BCUT2D eigenvalue weighted by atomic mass is 16.5. The predicted molar refractivity (Wildman–Crippen MR) is 60.5 cm³/mol. The van der Waals surface area contributed by atoms with Gasteiger partial charge in [0.2, 0.25) is 11.7 Å². The summed E-state index contributed by atoms with van der Waals surface area (Å²) < 4.78 is 4.81. The Morgan fingerprint density at radius 1 is 1.50 bits per heavy atom. The van der Waals surface area contributed by atoms with Crippen molar-refractivity contribution in [1.82, 2.24) is 15.3 Å². The molecule has 1 heterocycles. The van der Waals surface area contributed by atoms with Gasteiger partial charge in [-0.25, -0.2) is 4.98 Å². The Bertz CT molecular complexity index is 498. The molecule has 0 aliphatic carbocycles. The number of H-pyrrole nitrogens is 1. The molecule has 1 aromatic heterocycles. The van der Waals surface area contributed by atoms with E-state index in [2.05, 4.69) is 20.6 Å². The number of nitrogens with one attached hydrogen (secondary N) is 3. The zero-order chi connectivity index (χ0) is 13.5. The number of aromatic amines is 1. The number of ether oxygens (including phenoxy) is 1. The quantitative estimate of drug-likeness (QED) is 0.481. The zero-order valence-electron chi connectivity index (χ0n) is 9.52. The van der Waals surface area contributed by atoms with Crippen molar-refractivity contribution < 1.29 is 19.4 Å². The average Bonchev–Trinajstić information content (AvgIpc) is 2.33. The number of aliphatic carboxylic acids is 1. The van der Waals surface area contributed by atoms with E-state index in [1.54, 1.807) is 0 Å². The van der Waals surface area contributed by atoms with Crippen LogP contribution in [-0.2, 0) is 9.59 Å². The van der Waals surface area contributed by atoms with Crippen LogP contribution in [0, 0.1) is 0 Å². The van der Waals surface area contributed by atoms with Gasteiger partial charge >= 0.3 is 5.97 Å². The predicted octanol–water partition coefficient (Wildman–Crippen LogP) is -1.61. The largest absolute Gasteiger partial charge is 0.489 e. The fraction of sp³-hybridized carbons (Fsp3) is 0.333. The lowest BCUT2D eigenvalue weighted by Crippen LogP contribution is -2.34. The fourth-order valence-electron chi connectivity index (χ4n) is 1.10. The molecular weight excluding hydrogens is 244 g/mol. The van der Waals surface area contributed by atoms with Crippen LogP contribution in [0.1, 0.15) is 0 Å². The molecule has 0 saturated carbocycles. The Morgan fingerprint density at radius 3 is 2.83 bits per heavy atom. The molecule has 0 unspecified atom stereocenters. The molecule has 0 aliphatic rings. The topological polar surface area (TPSA) is 133 Å². The smallest absolute Gasteiger partial charge is 0.322 e. The molecule has 0 fully saturated rings. The third kappa shape index (κ3) is 3.77. The number of carboxylic acids is 1. The number of rotatable bonds is 6. The van der Waals surface area contributed by atoms with Crippen molar-refractivity contribution in [2.24, 2.45) is 0 Å². The molecule has 1 amide bonds. The summed E-state index contributed by atoms with van der Waals surface area (Å²) in [7, 11) is 1.29. The van der Waals surface area contributed by atoms with E-state index in [4.69, 9.17) is 9.84 Å². The summed E-state index contributed by atoms with van der Waals surface area (Å²) in [5.74, 6) is -1.63. The first-order valence-electron chi connectivity index (χ1n) is 4.88. The normalized spacial score (nSPS) is 9.61. The van der Waals surface area contributed by atoms with E-state index in [1.807, 2.05) is 0 Å². The number of carbonyl (C=O) groups excluding carboxylic acids is 1. The monoisotopic (exact) mass is 256 g/mol. The molecule has 0 saturated heterocycles. The average molecular weight is 256 g/mol. The Hall–Kier alpha value is -2.58. The Morgan fingerprint density at radius 2 is 2.22 bits per heavy atom. The van der Waals surface area contributed by atoms with Crippen LogP contribution in [0.2, 0.25) is 0 Å². The van der Waals surface area contributed by atoms with E-state index in [9.17, 15) is 14.4 Å². The van der Waals surface area contributed by atoms with Crippen LogP contribution < -0.4 is 20.9 Å². The number of carbonyl (C=O) groups is 2. The SMILES string of the molecule is COc1c(NCC(=O)NCC(=O)O)nc[nH]c1=O. The fourth-order valence-corrected chi connectivity index (χ4v) is 1.10. The van der Waals surface area contributed by atoms with Crippen LogP contribution in [0.3, 0.4) is 0 Å². The number of methoxy groups -OCH3 is 1. The second-order valence-corrected chi connectivity index (χ2v) is 3.14. The Balaban J connectivity index is 2.58.